The van der Waals surface area contributed by atoms with Crippen molar-refractivity contribution in [3.05, 3.63) is 39.8 Å². The molecule has 1 unspecified atom stereocenters. The van der Waals surface area contributed by atoms with Gasteiger partial charge < -0.3 is 29.6 Å². The summed E-state index contributed by atoms with van der Waals surface area (Å²) in [4.78, 5) is 14.7. The second-order valence-corrected chi connectivity index (χ2v) is 11.8. The third-order valence-electron chi connectivity index (χ3n) is 6.25. The standard InChI is InChI=1S/C26H35N3O7S2/c1-6-28(7-2)12-24(32)27-26-25-18(15-37-26)19(13-30)29(20(25)14-31)21(16-38(5,33)34)17-9-10-22(35-4)23(11-17)36-8-3/h9-11,13-15,21,30-31H,6-8,12,16H2,1-5H3,(H,27,32). The zero-order chi connectivity index (χ0) is 28.0. The van der Waals surface area contributed by atoms with Gasteiger partial charge in [-0.1, -0.05) is 19.9 Å². The quantitative estimate of drug-likeness (QED) is 0.306. The molecule has 3 N–H and O–H groups in total. The van der Waals surface area contributed by atoms with E-state index in [1.807, 2.05) is 25.7 Å². The second-order valence-electron chi connectivity index (χ2n) is 8.71. The van der Waals surface area contributed by atoms with Crippen molar-refractivity contribution in [1.29, 1.82) is 0 Å². The summed E-state index contributed by atoms with van der Waals surface area (Å²) in [6.07, 6.45) is 2.87. The molecule has 3 rings (SSSR count). The van der Waals surface area contributed by atoms with Crippen LogP contribution in [0.15, 0.2) is 23.6 Å². The van der Waals surface area contributed by atoms with Crippen LogP contribution in [-0.4, -0.2) is 79.4 Å². The molecular formula is C26H35N3O7S2. The molecule has 0 saturated carbocycles. The molecule has 208 valence electrons. The summed E-state index contributed by atoms with van der Waals surface area (Å²) < 4.78 is 37.8. The van der Waals surface area contributed by atoms with E-state index < -0.39 is 15.9 Å². The van der Waals surface area contributed by atoms with Gasteiger partial charge in [0.1, 0.15) is 27.4 Å². The average Bonchev–Trinajstić information content (AvgIpc) is 3.42. The Kier molecular flexibility index (Phi) is 9.69. The number of methoxy groups -OCH3 is 1. The van der Waals surface area contributed by atoms with Crippen LogP contribution in [0.5, 0.6) is 11.5 Å². The lowest BCUT2D eigenvalue weighted by molar-refractivity contribution is -0.117. The maximum absolute atomic E-state index is 12.8. The van der Waals surface area contributed by atoms with Gasteiger partial charge in [-0.05, 0) is 37.7 Å². The molecule has 0 fully saturated rings. The minimum atomic E-state index is -3.54. The fourth-order valence-corrected chi connectivity index (χ4v) is 6.35. The van der Waals surface area contributed by atoms with Crippen LogP contribution in [0.1, 0.15) is 32.4 Å². The maximum atomic E-state index is 12.8. The highest BCUT2D eigenvalue weighted by Crippen LogP contribution is 2.33. The lowest BCUT2D eigenvalue weighted by Crippen LogP contribution is -2.36. The zero-order valence-electron chi connectivity index (χ0n) is 22.2. The van der Waals surface area contributed by atoms with E-state index in [1.165, 1.54) is 18.4 Å². The molecule has 0 aliphatic heterocycles. The summed E-state index contributed by atoms with van der Waals surface area (Å²) >= 11 is 1.26. The summed E-state index contributed by atoms with van der Waals surface area (Å²) in [6.45, 7) is 7.79. The molecule has 10 nitrogen and oxygen atoms in total. The largest absolute Gasteiger partial charge is 0.513 e. The third-order valence-corrected chi connectivity index (χ3v) is 8.06. The Morgan fingerprint density at radius 2 is 1.84 bits per heavy atom. The van der Waals surface area contributed by atoms with Gasteiger partial charge in [0.05, 0.1) is 42.8 Å². The number of aliphatic hydroxyl groups is 2. The fraction of sp³-hybridized carbons (Fsp3) is 0.423. The van der Waals surface area contributed by atoms with Gasteiger partial charge in [-0.3, -0.25) is 9.69 Å². The number of hydrogen-bond acceptors (Lipinski definition) is 9. The number of likely N-dealkylation sites (N-methyl/N-ethyl adjacent to an activating group) is 1. The van der Waals surface area contributed by atoms with Gasteiger partial charge in [-0.25, -0.2) is 8.42 Å². The molecular weight excluding hydrogens is 530 g/mol. The van der Waals surface area contributed by atoms with Gasteiger partial charge in [-0.2, -0.15) is 0 Å². The van der Waals surface area contributed by atoms with Crippen LogP contribution in [0.4, 0.5) is 5.00 Å². The Labute approximate surface area is 226 Å². The second kappa shape index (κ2) is 12.5. The van der Waals surface area contributed by atoms with E-state index in [0.29, 0.717) is 44.8 Å². The van der Waals surface area contributed by atoms with Crippen molar-refractivity contribution in [1.82, 2.24) is 9.47 Å². The van der Waals surface area contributed by atoms with Crippen LogP contribution in [0.25, 0.3) is 23.3 Å². The predicted molar refractivity (Wildman–Crippen MR) is 152 cm³/mol. The average molecular weight is 566 g/mol. The highest BCUT2D eigenvalue weighted by atomic mass is 32.2. The van der Waals surface area contributed by atoms with E-state index in [9.17, 15) is 23.4 Å². The van der Waals surface area contributed by atoms with E-state index in [4.69, 9.17) is 9.47 Å². The van der Waals surface area contributed by atoms with Crippen LogP contribution < -0.4 is 25.5 Å². The molecule has 2 heterocycles. The molecule has 0 bridgehead atoms. The number of carbonyl (C=O) groups excluding carboxylic acids is 1. The Morgan fingerprint density at radius 1 is 1.16 bits per heavy atom. The van der Waals surface area contributed by atoms with Crippen LogP contribution >= 0.6 is 11.3 Å². The number of amides is 1. The maximum Gasteiger partial charge on any atom is 0.239 e. The van der Waals surface area contributed by atoms with Crippen molar-refractivity contribution in [2.24, 2.45) is 0 Å². The number of ether oxygens (including phenoxy) is 2. The first kappa shape index (κ1) is 29.3. The number of thiophene rings is 1. The number of sulfone groups is 1. The molecule has 1 atom stereocenters. The summed E-state index contributed by atoms with van der Waals surface area (Å²) in [6, 6.07) is 4.26. The van der Waals surface area contributed by atoms with E-state index in [-0.39, 0.29) is 23.6 Å². The summed E-state index contributed by atoms with van der Waals surface area (Å²) in [5.41, 5.74) is 0.569. The predicted octanol–water partition coefficient (Wildman–Crippen LogP) is 2.62. The molecule has 1 aromatic carbocycles. The van der Waals surface area contributed by atoms with Crippen molar-refractivity contribution in [2.75, 3.05) is 50.7 Å². The van der Waals surface area contributed by atoms with Crippen LogP contribution in [0.3, 0.4) is 0 Å². The van der Waals surface area contributed by atoms with Gasteiger partial charge in [-0.15, -0.1) is 11.3 Å². The van der Waals surface area contributed by atoms with Crippen molar-refractivity contribution < 1.29 is 32.9 Å². The van der Waals surface area contributed by atoms with Gasteiger partial charge in [0.15, 0.2) is 11.5 Å². The third kappa shape index (κ3) is 6.25. The lowest BCUT2D eigenvalue weighted by atomic mass is 10.1. The fourth-order valence-electron chi connectivity index (χ4n) is 4.46. The highest BCUT2D eigenvalue weighted by molar-refractivity contribution is 7.90. The molecule has 0 radical (unpaired) electrons. The van der Waals surface area contributed by atoms with Gasteiger partial charge >= 0.3 is 0 Å². The van der Waals surface area contributed by atoms with Gasteiger partial charge in [0.25, 0.3) is 0 Å². The number of rotatable bonds is 12. The Hall–Kier alpha value is -3.22. The topological polar surface area (TPSA) is 130 Å². The normalized spacial score (nSPS) is 13.8. The summed E-state index contributed by atoms with van der Waals surface area (Å²) in [7, 11) is -2.02. The van der Waals surface area contributed by atoms with E-state index >= 15 is 0 Å². The first-order chi connectivity index (χ1) is 18.1. The van der Waals surface area contributed by atoms with Crippen LogP contribution in [0, 0.1) is 0 Å². The molecule has 0 aliphatic carbocycles. The first-order valence-electron chi connectivity index (χ1n) is 12.2. The summed E-state index contributed by atoms with van der Waals surface area (Å²) in [5, 5.41) is 27.4. The number of fused-ring (bicyclic) bond motifs is 1. The highest BCUT2D eigenvalue weighted by Gasteiger charge is 2.26. The minimum Gasteiger partial charge on any atom is -0.513 e. The first-order valence-corrected chi connectivity index (χ1v) is 15.2. The lowest BCUT2D eigenvalue weighted by Gasteiger charge is -2.21. The van der Waals surface area contributed by atoms with Gasteiger partial charge in [0.2, 0.25) is 5.91 Å². The Balaban J connectivity index is 2.24. The number of aliphatic hydroxyl groups excluding tert-OH is 2. The van der Waals surface area contributed by atoms with E-state index in [0.717, 1.165) is 31.9 Å². The van der Waals surface area contributed by atoms with Crippen molar-refractivity contribution in [3.8, 4) is 11.5 Å². The molecule has 38 heavy (non-hydrogen) atoms. The molecule has 1 amide bonds. The number of benzene rings is 1. The molecule has 12 heteroatoms. The summed E-state index contributed by atoms with van der Waals surface area (Å²) in [5.74, 6) is 0.389. The monoisotopic (exact) mass is 565 g/mol. The van der Waals surface area contributed by atoms with E-state index in [2.05, 4.69) is 5.32 Å². The minimum absolute atomic E-state index is 0.201. The molecule has 0 spiro atoms. The molecule has 2 aromatic heterocycles. The van der Waals surface area contributed by atoms with Crippen molar-refractivity contribution in [2.45, 2.75) is 26.8 Å². The van der Waals surface area contributed by atoms with Crippen molar-refractivity contribution in [3.63, 3.8) is 0 Å². The number of anilines is 1. The van der Waals surface area contributed by atoms with Crippen molar-refractivity contribution >= 4 is 55.4 Å². The smallest absolute Gasteiger partial charge is 0.239 e. The number of nitrogens with zero attached hydrogens (tertiary/aromatic N) is 2. The number of nitrogens with one attached hydrogen (secondary N) is 1. The van der Waals surface area contributed by atoms with Crippen LogP contribution in [0.2, 0.25) is 0 Å². The zero-order valence-corrected chi connectivity index (χ0v) is 23.9. The van der Waals surface area contributed by atoms with Crippen LogP contribution in [-0.2, 0) is 14.6 Å². The molecule has 3 aromatic rings. The SMILES string of the molecule is CCOc1cc(C(CS(C)(=O)=O)n2c(=CO)c3csc(NC(=O)CN(CC)CC)c3c2=CO)ccc1OC. The molecule has 0 saturated heterocycles. The Bertz CT molecular complexity index is 1510. The number of aromatic nitrogens is 1. The number of carbonyl (C=O) groups is 1. The Morgan fingerprint density at radius 3 is 2.39 bits per heavy atom. The molecule has 0 aliphatic rings. The number of hydrogen-bond donors (Lipinski definition) is 3. The van der Waals surface area contributed by atoms with Gasteiger partial charge in [0, 0.05) is 22.4 Å². The van der Waals surface area contributed by atoms with E-state index in [1.54, 1.807) is 28.1 Å².